The fraction of sp³-hybridized carbons (Fsp3) is 0.167. The number of carbonyl (C=O) groups is 1. The lowest BCUT2D eigenvalue weighted by Gasteiger charge is -2.12. The number of halogens is 2. The summed E-state index contributed by atoms with van der Waals surface area (Å²) in [5.74, 6) is -0.362. The Bertz CT molecular complexity index is 774. The zero-order chi connectivity index (χ0) is 15.6. The zero-order valence-corrected chi connectivity index (χ0v) is 13.9. The van der Waals surface area contributed by atoms with Crippen molar-refractivity contribution in [2.45, 2.75) is 17.2 Å². The van der Waals surface area contributed by atoms with Gasteiger partial charge in [-0.25, -0.2) is 8.42 Å². The smallest absolute Gasteiger partial charge is 0.270 e. The standard InChI is InChI=1S/C12H10Cl2N2O3S2/c1-7(10-2-3-11(20-10)21(14,18)19)16-12(17)8-4-5-15-6-9(8)13/h2-7H,1H3,(H,16,17). The number of amides is 1. The summed E-state index contributed by atoms with van der Waals surface area (Å²) in [4.78, 5) is 16.6. The molecule has 0 saturated heterocycles. The number of hydrogen-bond donors (Lipinski definition) is 1. The molecule has 9 heteroatoms. The molecule has 0 aliphatic rings. The molecule has 2 aromatic heterocycles. The van der Waals surface area contributed by atoms with Gasteiger partial charge in [0.05, 0.1) is 16.6 Å². The van der Waals surface area contributed by atoms with Crippen LogP contribution in [0.5, 0.6) is 0 Å². The lowest BCUT2D eigenvalue weighted by atomic mass is 10.2. The van der Waals surface area contributed by atoms with Crippen LogP contribution in [0.2, 0.25) is 5.02 Å². The highest BCUT2D eigenvalue weighted by Crippen LogP contribution is 2.29. The Labute approximate surface area is 135 Å². The van der Waals surface area contributed by atoms with E-state index >= 15 is 0 Å². The summed E-state index contributed by atoms with van der Waals surface area (Å²) < 4.78 is 22.5. The van der Waals surface area contributed by atoms with Crippen molar-refractivity contribution < 1.29 is 13.2 Å². The molecule has 1 atom stereocenters. The largest absolute Gasteiger partial charge is 0.345 e. The fourth-order valence-electron chi connectivity index (χ4n) is 1.60. The van der Waals surface area contributed by atoms with E-state index in [4.69, 9.17) is 22.3 Å². The van der Waals surface area contributed by atoms with E-state index in [1.54, 1.807) is 13.0 Å². The van der Waals surface area contributed by atoms with Crippen LogP contribution in [0.4, 0.5) is 0 Å². The van der Waals surface area contributed by atoms with E-state index < -0.39 is 9.05 Å². The highest BCUT2D eigenvalue weighted by atomic mass is 35.7. The van der Waals surface area contributed by atoms with Crippen LogP contribution in [0.1, 0.15) is 28.2 Å². The quantitative estimate of drug-likeness (QED) is 0.845. The topological polar surface area (TPSA) is 76.1 Å². The van der Waals surface area contributed by atoms with Gasteiger partial charge in [-0.2, -0.15) is 0 Å². The van der Waals surface area contributed by atoms with Gasteiger partial charge in [0.2, 0.25) is 0 Å². The van der Waals surface area contributed by atoms with E-state index in [0.717, 1.165) is 11.3 Å². The Morgan fingerprint density at radius 3 is 2.67 bits per heavy atom. The van der Waals surface area contributed by atoms with E-state index in [9.17, 15) is 13.2 Å². The van der Waals surface area contributed by atoms with Crippen molar-refractivity contribution >= 4 is 48.6 Å². The monoisotopic (exact) mass is 364 g/mol. The summed E-state index contributed by atoms with van der Waals surface area (Å²) in [6, 6.07) is 4.15. The van der Waals surface area contributed by atoms with E-state index in [2.05, 4.69) is 10.3 Å². The predicted octanol–water partition coefficient (Wildman–Crippen LogP) is 3.22. The van der Waals surface area contributed by atoms with Gasteiger partial charge in [0, 0.05) is 28.0 Å². The summed E-state index contributed by atoms with van der Waals surface area (Å²) >= 11 is 6.90. The predicted molar refractivity (Wildman–Crippen MR) is 82.5 cm³/mol. The van der Waals surface area contributed by atoms with E-state index in [1.165, 1.54) is 24.5 Å². The van der Waals surface area contributed by atoms with E-state index in [-0.39, 0.29) is 21.2 Å². The molecule has 5 nitrogen and oxygen atoms in total. The Hall–Kier alpha value is -1.15. The molecule has 0 fully saturated rings. The third-order valence-electron chi connectivity index (χ3n) is 2.63. The van der Waals surface area contributed by atoms with Crippen LogP contribution < -0.4 is 5.32 Å². The second-order valence-corrected chi connectivity index (χ2v) is 8.46. The van der Waals surface area contributed by atoms with Gasteiger partial charge in [0.25, 0.3) is 15.0 Å². The summed E-state index contributed by atoms with van der Waals surface area (Å²) in [6.07, 6.45) is 2.85. The maximum atomic E-state index is 12.1. The molecular weight excluding hydrogens is 355 g/mol. The first-order valence-corrected chi connectivity index (χ1v) is 9.24. The molecular formula is C12H10Cl2N2O3S2. The van der Waals surface area contributed by atoms with Gasteiger partial charge < -0.3 is 5.32 Å². The van der Waals surface area contributed by atoms with Crippen molar-refractivity contribution in [1.29, 1.82) is 0 Å². The van der Waals surface area contributed by atoms with Crippen LogP contribution in [0.3, 0.4) is 0 Å². The molecule has 0 aliphatic heterocycles. The molecule has 2 heterocycles. The van der Waals surface area contributed by atoms with Crippen LogP contribution in [-0.2, 0) is 9.05 Å². The molecule has 2 rings (SSSR count). The van der Waals surface area contributed by atoms with Gasteiger partial charge in [-0.3, -0.25) is 9.78 Å². The minimum atomic E-state index is -3.75. The normalized spacial score (nSPS) is 12.9. The summed E-state index contributed by atoms with van der Waals surface area (Å²) in [7, 11) is 1.52. The van der Waals surface area contributed by atoms with Gasteiger partial charge in [-0.15, -0.1) is 11.3 Å². The van der Waals surface area contributed by atoms with Gasteiger partial charge in [-0.1, -0.05) is 11.6 Å². The summed E-state index contributed by atoms with van der Waals surface area (Å²) in [6.45, 7) is 1.74. The molecule has 1 N–H and O–H groups in total. The van der Waals surface area contributed by atoms with Crippen molar-refractivity contribution in [2.24, 2.45) is 0 Å². The number of hydrogen-bond acceptors (Lipinski definition) is 5. The molecule has 112 valence electrons. The molecule has 1 unspecified atom stereocenters. The second-order valence-electron chi connectivity index (χ2n) is 4.15. The Balaban J connectivity index is 2.15. The van der Waals surface area contributed by atoms with E-state index in [0.29, 0.717) is 10.4 Å². The lowest BCUT2D eigenvalue weighted by Crippen LogP contribution is -2.26. The van der Waals surface area contributed by atoms with Crippen LogP contribution in [-0.4, -0.2) is 19.3 Å². The average molecular weight is 365 g/mol. The molecule has 0 aliphatic carbocycles. The number of pyridine rings is 1. The van der Waals surface area contributed by atoms with Crippen molar-refractivity contribution in [3.05, 3.63) is 46.1 Å². The molecule has 0 spiro atoms. The van der Waals surface area contributed by atoms with E-state index in [1.807, 2.05) is 0 Å². The Morgan fingerprint density at radius 1 is 1.38 bits per heavy atom. The van der Waals surface area contributed by atoms with Crippen LogP contribution in [0.15, 0.2) is 34.8 Å². The number of thiophene rings is 1. The molecule has 0 saturated carbocycles. The summed E-state index contributed by atoms with van der Waals surface area (Å²) in [5.41, 5.74) is 0.306. The Morgan fingerprint density at radius 2 is 2.10 bits per heavy atom. The third kappa shape index (κ3) is 3.94. The van der Waals surface area contributed by atoms with Crippen LogP contribution in [0.25, 0.3) is 0 Å². The lowest BCUT2D eigenvalue weighted by molar-refractivity contribution is 0.0940. The maximum Gasteiger partial charge on any atom is 0.270 e. The SMILES string of the molecule is CC(NC(=O)c1ccncc1Cl)c1ccc(S(=O)(=O)Cl)s1. The van der Waals surface area contributed by atoms with Crippen LogP contribution in [0, 0.1) is 0 Å². The minimum absolute atomic E-state index is 0.0437. The molecule has 0 bridgehead atoms. The third-order valence-corrected chi connectivity index (χ3v) is 6.30. The van der Waals surface area contributed by atoms with Crippen molar-refractivity contribution in [3.8, 4) is 0 Å². The number of nitrogens with zero attached hydrogens (tertiary/aromatic N) is 1. The minimum Gasteiger partial charge on any atom is -0.345 e. The molecule has 21 heavy (non-hydrogen) atoms. The van der Waals surface area contributed by atoms with Gasteiger partial charge in [0.1, 0.15) is 4.21 Å². The van der Waals surface area contributed by atoms with Crippen molar-refractivity contribution in [1.82, 2.24) is 10.3 Å². The summed E-state index contributed by atoms with van der Waals surface area (Å²) in [5, 5.41) is 2.99. The van der Waals surface area contributed by atoms with Gasteiger partial charge in [-0.05, 0) is 25.1 Å². The number of nitrogens with one attached hydrogen (secondary N) is 1. The zero-order valence-electron chi connectivity index (χ0n) is 10.7. The molecule has 0 aromatic carbocycles. The number of aromatic nitrogens is 1. The highest BCUT2D eigenvalue weighted by molar-refractivity contribution is 8.15. The fourth-order valence-corrected chi connectivity index (χ4v) is 3.90. The molecule has 1 amide bonds. The van der Waals surface area contributed by atoms with Gasteiger partial charge in [0.15, 0.2) is 0 Å². The number of carbonyl (C=O) groups excluding carboxylic acids is 1. The van der Waals surface area contributed by atoms with Crippen molar-refractivity contribution in [2.75, 3.05) is 0 Å². The number of rotatable bonds is 4. The highest BCUT2D eigenvalue weighted by Gasteiger charge is 2.18. The van der Waals surface area contributed by atoms with Crippen molar-refractivity contribution in [3.63, 3.8) is 0 Å². The molecule has 0 radical (unpaired) electrons. The first-order chi connectivity index (χ1) is 9.79. The first-order valence-electron chi connectivity index (χ1n) is 5.74. The van der Waals surface area contributed by atoms with Crippen LogP contribution >= 0.6 is 33.6 Å². The average Bonchev–Trinajstić information content (AvgIpc) is 2.88. The Kier molecular flexibility index (Phi) is 4.88. The first kappa shape index (κ1) is 16.2. The second kappa shape index (κ2) is 6.31. The van der Waals surface area contributed by atoms with Gasteiger partial charge >= 0.3 is 0 Å². The molecule has 2 aromatic rings. The maximum absolute atomic E-state index is 12.1.